The number of likely N-dealkylation sites (tertiary alicyclic amines) is 1. The molecule has 1 aromatic carbocycles. The predicted molar refractivity (Wildman–Crippen MR) is 105 cm³/mol. The van der Waals surface area contributed by atoms with Gasteiger partial charge in [0, 0.05) is 44.2 Å². The number of amides is 2. The summed E-state index contributed by atoms with van der Waals surface area (Å²) in [6.07, 6.45) is 2.23. The molecule has 0 spiro atoms. The summed E-state index contributed by atoms with van der Waals surface area (Å²) in [7, 11) is 0. The van der Waals surface area contributed by atoms with Gasteiger partial charge in [0.2, 0.25) is 0 Å². The van der Waals surface area contributed by atoms with Crippen molar-refractivity contribution < 1.29 is 9.53 Å². The lowest BCUT2D eigenvalue weighted by Crippen LogP contribution is -2.57. The van der Waals surface area contributed by atoms with Crippen molar-refractivity contribution in [3.63, 3.8) is 0 Å². The van der Waals surface area contributed by atoms with Crippen LogP contribution in [0.3, 0.4) is 0 Å². The van der Waals surface area contributed by atoms with Gasteiger partial charge >= 0.3 is 6.03 Å². The number of carbonyl (C=O) groups is 1. The smallest absolute Gasteiger partial charge is 0.317 e. The van der Waals surface area contributed by atoms with Gasteiger partial charge in [-0.1, -0.05) is 24.3 Å². The molecule has 0 aromatic heterocycles. The summed E-state index contributed by atoms with van der Waals surface area (Å²) in [4.78, 5) is 17.2. The number of morpholine rings is 1. The normalized spacial score (nSPS) is 22.3. The number of ether oxygens (including phenoxy) is 1. The van der Waals surface area contributed by atoms with Crippen LogP contribution in [0.15, 0.2) is 24.3 Å². The molecule has 2 heterocycles. The van der Waals surface area contributed by atoms with E-state index < -0.39 is 0 Å². The number of urea groups is 1. The van der Waals surface area contributed by atoms with Crippen molar-refractivity contribution in [2.45, 2.75) is 45.1 Å². The summed E-state index contributed by atoms with van der Waals surface area (Å²) in [6, 6.07) is 8.64. The molecule has 0 aliphatic carbocycles. The molecule has 0 saturated carbocycles. The molecule has 2 amide bonds. The first-order valence-electron chi connectivity index (χ1n) is 9.88. The molecule has 1 N–H and O–H groups in total. The lowest BCUT2D eigenvalue weighted by Gasteiger charge is -2.41. The summed E-state index contributed by atoms with van der Waals surface area (Å²) >= 11 is 0. The maximum atomic E-state index is 12.8. The van der Waals surface area contributed by atoms with Gasteiger partial charge in [0.1, 0.15) is 0 Å². The minimum atomic E-state index is -0.0509. The van der Waals surface area contributed by atoms with Crippen molar-refractivity contribution in [1.29, 1.82) is 0 Å². The Labute approximate surface area is 157 Å². The van der Waals surface area contributed by atoms with E-state index in [9.17, 15) is 4.79 Å². The van der Waals surface area contributed by atoms with Crippen molar-refractivity contribution in [3.8, 4) is 0 Å². The number of rotatable bonds is 4. The standard InChI is InChI=1S/C21H33N3O2/c1-17-7-4-5-9-19(17)18-8-6-10-23(15-18)20(25)22-16-21(2,3)24-11-13-26-14-12-24/h4-5,7,9,18H,6,8,10-16H2,1-3H3,(H,22,25)/t18-/m0/s1. The van der Waals surface area contributed by atoms with E-state index in [1.54, 1.807) is 0 Å². The number of benzene rings is 1. The quantitative estimate of drug-likeness (QED) is 0.899. The topological polar surface area (TPSA) is 44.8 Å². The van der Waals surface area contributed by atoms with Gasteiger partial charge in [-0.25, -0.2) is 4.79 Å². The molecule has 1 atom stereocenters. The van der Waals surface area contributed by atoms with Crippen LogP contribution in [-0.4, -0.2) is 67.3 Å². The third kappa shape index (κ3) is 4.57. The van der Waals surface area contributed by atoms with Crippen molar-refractivity contribution in [3.05, 3.63) is 35.4 Å². The second-order valence-corrected chi connectivity index (χ2v) is 8.21. The van der Waals surface area contributed by atoms with E-state index in [0.717, 1.165) is 52.2 Å². The molecular weight excluding hydrogens is 326 g/mol. The second-order valence-electron chi connectivity index (χ2n) is 8.21. The summed E-state index contributed by atoms with van der Waals surface area (Å²) in [5, 5.41) is 3.18. The van der Waals surface area contributed by atoms with Gasteiger partial charge < -0.3 is 15.0 Å². The lowest BCUT2D eigenvalue weighted by molar-refractivity contribution is -0.00910. The predicted octanol–water partition coefficient (Wildman–Crippen LogP) is 2.99. The van der Waals surface area contributed by atoms with E-state index in [1.807, 2.05) is 4.90 Å². The first-order chi connectivity index (χ1) is 12.5. The van der Waals surface area contributed by atoms with E-state index in [-0.39, 0.29) is 11.6 Å². The molecule has 1 aromatic rings. The summed E-state index contributed by atoms with van der Waals surface area (Å²) in [5.41, 5.74) is 2.66. The van der Waals surface area contributed by atoms with Crippen LogP contribution in [0.4, 0.5) is 4.79 Å². The number of nitrogens with one attached hydrogen (secondary N) is 1. The Morgan fingerprint density at radius 2 is 1.96 bits per heavy atom. The molecule has 0 radical (unpaired) electrons. The minimum Gasteiger partial charge on any atom is -0.379 e. The molecular formula is C21H33N3O2. The highest BCUT2D eigenvalue weighted by molar-refractivity contribution is 5.74. The average molecular weight is 360 g/mol. The van der Waals surface area contributed by atoms with Gasteiger partial charge in [0.25, 0.3) is 0 Å². The van der Waals surface area contributed by atoms with E-state index >= 15 is 0 Å². The molecule has 144 valence electrons. The Hall–Kier alpha value is -1.59. The Kier molecular flexibility index (Phi) is 6.20. The van der Waals surface area contributed by atoms with E-state index in [4.69, 9.17) is 4.74 Å². The molecule has 3 rings (SSSR count). The van der Waals surface area contributed by atoms with Gasteiger partial charge in [-0.2, -0.15) is 0 Å². The zero-order valence-electron chi connectivity index (χ0n) is 16.5. The maximum absolute atomic E-state index is 12.8. The molecule has 0 unspecified atom stereocenters. The maximum Gasteiger partial charge on any atom is 0.317 e. The summed E-state index contributed by atoms with van der Waals surface area (Å²) in [5.74, 6) is 0.447. The van der Waals surface area contributed by atoms with E-state index in [1.165, 1.54) is 11.1 Å². The largest absolute Gasteiger partial charge is 0.379 e. The van der Waals surface area contributed by atoms with Crippen LogP contribution >= 0.6 is 0 Å². The van der Waals surface area contributed by atoms with Crippen LogP contribution in [-0.2, 0) is 4.74 Å². The van der Waals surface area contributed by atoms with Crippen molar-refractivity contribution >= 4 is 6.03 Å². The lowest BCUT2D eigenvalue weighted by atomic mass is 9.88. The van der Waals surface area contributed by atoms with Gasteiger partial charge in [-0.05, 0) is 44.7 Å². The zero-order chi connectivity index (χ0) is 18.6. The van der Waals surface area contributed by atoms with Crippen LogP contribution in [0.1, 0.15) is 43.7 Å². The number of nitrogens with zero attached hydrogens (tertiary/aromatic N) is 2. The van der Waals surface area contributed by atoms with Gasteiger partial charge in [0.05, 0.1) is 13.2 Å². The second kappa shape index (κ2) is 8.40. The Morgan fingerprint density at radius 3 is 2.69 bits per heavy atom. The van der Waals surface area contributed by atoms with Gasteiger partial charge in [-0.15, -0.1) is 0 Å². The average Bonchev–Trinajstić information content (AvgIpc) is 2.67. The number of hydrogen-bond acceptors (Lipinski definition) is 3. The highest BCUT2D eigenvalue weighted by Gasteiger charge is 2.30. The first kappa shape index (κ1) is 19.2. The summed E-state index contributed by atoms with van der Waals surface area (Å²) in [6.45, 7) is 12.3. The third-order valence-electron chi connectivity index (χ3n) is 5.88. The number of carbonyl (C=O) groups excluding carboxylic acids is 1. The molecule has 2 fully saturated rings. The molecule has 26 heavy (non-hydrogen) atoms. The third-order valence-corrected chi connectivity index (χ3v) is 5.88. The van der Waals surface area contributed by atoms with E-state index in [0.29, 0.717) is 12.5 Å². The Balaban J connectivity index is 1.55. The first-order valence-corrected chi connectivity index (χ1v) is 9.88. The Morgan fingerprint density at radius 1 is 1.23 bits per heavy atom. The van der Waals surface area contributed by atoms with Crippen LogP contribution < -0.4 is 5.32 Å². The Bertz CT molecular complexity index is 611. The van der Waals surface area contributed by atoms with Crippen LogP contribution in [0.25, 0.3) is 0 Å². The minimum absolute atomic E-state index is 0.0509. The van der Waals surface area contributed by atoms with Crippen molar-refractivity contribution in [1.82, 2.24) is 15.1 Å². The van der Waals surface area contributed by atoms with Crippen LogP contribution in [0.2, 0.25) is 0 Å². The summed E-state index contributed by atoms with van der Waals surface area (Å²) < 4.78 is 5.44. The van der Waals surface area contributed by atoms with E-state index in [2.05, 4.69) is 55.3 Å². The monoisotopic (exact) mass is 359 g/mol. The van der Waals surface area contributed by atoms with Gasteiger partial charge in [0.15, 0.2) is 0 Å². The SMILES string of the molecule is Cc1ccccc1[C@H]1CCCN(C(=O)NCC(C)(C)N2CCOCC2)C1. The van der Waals surface area contributed by atoms with Crippen molar-refractivity contribution in [2.75, 3.05) is 45.9 Å². The molecule has 5 heteroatoms. The van der Waals surface area contributed by atoms with Crippen molar-refractivity contribution in [2.24, 2.45) is 0 Å². The highest BCUT2D eigenvalue weighted by atomic mass is 16.5. The molecule has 2 aliphatic heterocycles. The number of hydrogen-bond donors (Lipinski definition) is 1. The highest BCUT2D eigenvalue weighted by Crippen LogP contribution is 2.29. The fourth-order valence-corrected chi connectivity index (χ4v) is 4.14. The molecule has 2 aliphatic rings. The fraction of sp³-hybridized carbons (Fsp3) is 0.667. The number of aryl methyl sites for hydroxylation is 1. The van der Waals surface area contributed by atoms with Crippen LogP contribution in [0, 0.1) is 6.92 Å². The fourth-order valence-electron chi connectivity index (χ4n) is 4.14. The number of piperidine rings is 1. The van der Waals surface area contributed by atoms with Gasteiger partial charge in [-0.3, -0.25) is 4.90 Å². The molecule has 5 nitrogen and oxygen atoms in total. The zero-order valence-corrected chi connectivity index (χ0v) is 16.5. The van der Waals surface area contributed by atoms with Crippen LogP contribution in [0.5, 0.6) is 0 Å². The molecule has 0 bridgehead atoms. The molecule has 2 saturated heterocycles.